The van der Waals surface area contributed by atoms with Gasteiger partial charge in [0.05, 0.1) is 6.61 Å². The first-order valence-electron chi connectivity index (χ1n) is 6.85. The zero-order chi connectivity index (χ0) is 16.8. The number of nitrogens with one attached hydrogen (secondary N) is 1. The first kappa shape index (κ1) is 18.0. The number of carbonyl (C=O) groups is 2. The minimum absolute atomic E-state index is 0.00146. The van der Waals surface area contributed by atoms with Crippen LogP contribution in [0.1, 0.15) is 33.3 Å². The minimum atomic E-state index is -0.722. The van der Waals surface area contributed by atoms with Gasteiger partial charge in [0, 0.05) is 5.02 Å². The predicted molar refractivity (Wildman–Crippen MR) is 85.4 cm³/mol. The maximum Gasteiger partial charge on any atom is 0.412 e. The molecule has 0 atom stereocenters. The lowest BCUT2D eigenvalue weighted by Crippen LogP contribution is -2.34. The fourth-order valence-electron chi connectivity index (χ4n) is 1.49. The average Bonchev–Trinajstić information content (AvgIpc) is 2.38. The van der Waals surface area contributed by atoms with Gasteiger partial charge in [0.25, 0.3) is 0 Å². The highest BCUT2D eigenvalue weighted by Crippen LogP contribution is 2.13. The molecule has 0 heterocycles. The highest BCUT2D eigenvalue weighted by Gasteiger charge is 2.20. The number of amides is 1. The summed E-state index contributed by atoms with van der Waals surface area (Å²) in [5.41, 5.74) is 0.0337. The van der Waals surface area contributed by atoms with E-state index in [1.165, 1.54) is 6.08 Å². The second-order valence-electron chi connectivity index (χ2n) is 5.46. The third-order valence-electron chi connectivity index (χ3n) is 2.31. The maximum absolute atomic E-state index is 11.9. The van der Waals surface area contributed by atoms with Crippen LogP contribution in [0.3, 0.4) is 0 Å². The topological polar surface area (TPSA) is 64.6 Å². The lowest BCUT2D eigenvalue weighted by molar-refractivity contribution is -0.138. The monoisotopic (exact) mass is 325 g/mol. The molecule has 0 saturated carbocycles. The van der Waals surface area contributed by atoms with Crippen molar-refractivity contribution >= 4 is 29.7 Å². The van der Waals surface area contributed by atoms with Crippen molar-refractivity contribution in [3.8, 4) is 0 Å². The van der Waals surface area contributed by atoms with E-state index in [2.05, 4.69) is 5.32 Å². The van der Waals surface area contributed by atoms with Crippen LogP contribution < -0.4 is 5.32 Å². The predicted octanol–water partition coefficient (Wildman–Crippen LogP) is 3.77. The van der Waals surface area contributed by atoms with E-state index in [-0.39, 0.29) is 12.3 Å². The van der Waals surface area contributed by atoms with Crippen molar-refractivity contribution < 1.29 is 19.1 Å². The number of benzene rings is 1. The van der Waals surface area contributed by atoms with E-state index >= 15 is 0 Å². The van der Waals surface area contributed by atoms with Crippen LogP contribution in [0.4, 0.5) is 4.79 Å². The van der Waals surface area contributed by atoms with E-state index in [9.17, 15) is 9.59 Å². The minimum Gasteiger partial charge on any atom is -0.461 e. The van der Waals surface area contributed by atoms with Gasteiger partial charge in [-0.05, 0) is 51.5 Å². The number of alkyl carbamates (subject to hydrolysis) is 1. The Balaban J connectivity index is 2.95. The number of carbonyl (C=O) groups excluding carboxylic acids is 2. The number of hydrogen-bond donors (Lipinski definition) is 1. The molecule has 0 aliphatic rings. The van der Waals surface area contributed by atoms with E-state index in [1.54, 1.807) is 52.0 Å². The molecule has 0 radical (unpaired) electrons. The van der Waals surface area contributed by atoms with Crippen LogP contribution in [0.2, 0.25) is 5.02 Å². The molecule has 0 bridgehead atoms. The van der Waals surface area contributed by atoms with Gasteiger partial charge in [0.1, 0.15) is 11.3 Å². The number of esters is 1. The third-order valence-corrected chi connectivity index (χ3v) is 2.56. The Hall–Kier alpha value is -2.01. The highest BCUT2D eigenvalue weighted by atomic mass is 35.5. The normalized spacial score (nSPS) is 11.8. The van der Waals surface area contributed by atoms with Crippen molar-refractivity contribution in [1.29, 1.82) is 0 Å². The molecule has 120 valence electrons. The van der Waals surface area contributed by atoms with Crippen molar-refractivity contribution in [2.24, 2.45) is 0 Å². The van der Waals surface area contributed by atoms with Gasteiger partial charge in [-0.1, -0.05) is 23.7 Å². The Bertz CT molecular complexity index is 559. The molecule has 0 aliphatic heterocycles. The summed E-state index contributed by atoms with van der Waals surface area (Å²) in [5, 5.41) is 2.99. The van der Waals surface area contributed by atoms with Gasteiger partial charge in [0.15, 0.2) is 0 Å². The van der Waals surface area contributed by atoms with E-state index in [0.717, 1.165) is 0 Å². The molecule has 1 aromatic carbocycles. The van der Waals surface area contributed by atoms with Crippen LogP contribution in [-0.4, -0.2) is 24.3 Å². The molecule has 5 nitrogen and oxygen atoms in total. The second kappa shape index (κ2) is 7.84. The molecular weight excluding hydrogens is 306 g/mol. The molecule has 0 fully saturated rings. The molecule has 1 aromatic rings. The van der Waals surface area contributed by atoms with Crippen LogP contribution in [0, 0.1) is 0 Å². The van der Waals surface area contributed by atoms with Gasteiger partial charge in [-0.3, -0.25) is 5.32 Å². The standard InChI is InChI=1S/C16H20ClNO4/c1-5-21-14(19)13(18-15(20)22-16(2,3)4)10-11-6-8-12(17)9-7-11/h6-10H,5H2,1-4H3,(H,18,20)/b13-10+. The molecule has 22 heavy (non-hydrogen) atoms. The Labute approximate surface area is 135 Å². The van der Waals surface area contributed by atoms with Crippen LogP contribution in [0.25, 0.3) is 6.08 Å². The Kier molecular flexibility index (Phi) is 6.43. The first-order chi connectivity index (χ1) is 10.2. The average molecular weight is 326 g/mol. The third kappa shape index (κ3) is 6.63. The van der Waals surface area contributed by atoms with E-state index in [4.69, 9.17) is 21.1 Å². The summed E-state index contributed by atoms with van der Waals surface area (Å²) in [5.74, 6) is -0.636. The molecule has 1 amide bonds. The summed E-state index contributed by atoms with van der Waals surface area (Å²) in [6.07, 6.45) is 0.777. The number of halogens is 1. The van der Waals surface area contributed by atoms with E-state index < -0.39 is 17.7 Å². The van der Waals surface area contributed by atoms with E-state index in [1.807, 2.05) is 0 Å². The SMILES string of the molecule is CCOC(=O)/C(=C\c1ccc(Cl)cc1)NC(=O)OC(C)(C)C. The van der Waals surface area contributed by atoms with Gasteiger partial charge in [-0.15, -0.1) is 0 Å². The fraction of sp³-hybridized carbons (Fsp3) is 0.375. The van der Waals surface area contributed by atoms with Crippen molar-refractivity contribution in [1.82, 2.24) is 5.32 Å². The summed E-state index contributed by atoms with van der Waals surface area (Å²) in [6, 6.07) is 6.81. The van der Waals surface area contributed by atoms with Crippen molar-refractivity contribution in [2.75, 3.05) is 6.61 Å². The van der Waals surface area contributed by atoms with Crippen LogP contribution in [0.15, 0.2) is 30.0 Å². The van der Waals surface area contributed by atoms with Crippen LogP contribution >= 0.6 is 11.6 Å². The van der Waals surface area contributed by atoms with Crippen molar-refractivity contribution in [3.05, 3.63) is 40.5 Å². The first-order valence-corrected chi connectivity index (χ1v) is 7.23. The Morgan fingerprint density at radius 2 is 1.82 bits per heavy atom. The lowest BCUT2D eigenvalue weighted by atomic mass is 10.2. The van der Waals surface area contributed by atoms with Crippen LogP contribution in [-0.2, 0) is 14.3 Å². The summed E-state index contributed by atoms with van der Waals surface area (Å²) in [7, 11) is 0. The molecule has 0 aromatic heterocycles. The van der Waals surface area contributed by atoms with Gasteiger partial charge < -0.3 is 9.47 Å². The lowest BCUT2D eigenvalue weighted by Gasteiger charge is -2.20. The Morgan fingerprint density at radius 1 is 1.23 bits per heavy atom. The fourth-order valence-corrected chi connectivity index (χ4v) is 1.62. The number of hydrogen-bond acceptors (Lipinski definition) is 4. The van der Waals surface area contributed by atoms with Gasteiger partial charge in [0.2, 0.25) is 0 Å². The van der Waals surface area contributed by atoms with Gasteiger partial charge in [-0.2, -0.15) is 0 Å². The molecule has 0 spiro atoms. The Morgan fingerprint density at radius 3 is 2.32 bits per heavy atom. The van der Waals surface area contributed by atoms with Gasteiger partial charge in [-0.25, -0.2) is 9.59 Å². The summed E-state index contributed by atoms with van der Waals surface area (Å²) in [6.45, 7) is 7.09. The second-order valence-corrected chi connectivity index (χ2v) is 5.89. The smallest absolute Gasteiger partial charge is 0.412 e. The molecule has 0 aliphatic carbocycles. The highest BCUT2D eigenvalue weighted by molar-refractivity contribution is 6.30. The van der Waals surface area contributed by atoms with Crippen molar-refractivity contribution in [3.63, 3.8) is 0 Å². The summed E-state index contributed by atoms with van der Waals surface area (Å²) < 4.78 is 10.1. The van der Waals surface area contributed by atoms with Crippen molar-refractivity contribution in [2.45, 2.75) is 33.3 Å². The van der Waals surface area contributed by atoms with Gasteiger partial charge >= 0.3 is 12.1 Å². The molecule has 0 unspecified atom stereocenters. The largest absolute Gasteiger partial charge is 0.461 e. The number of rotatable bonds is 4. The zero-order valence-corrected chi connectivity index (χ0v) is 13.9. The molecule has 1 N–H and O–H groups in total. The molecule has 1 rings (SSSR count). The molecule has 6 heteroatoms. The summed E-state index contributed by atoms with van der Waals surface area (Å²) in [4.78, 5) is 23.7. The maximum atomic E-state index is 11.9. The quantitative estimate of drug-likeness (QED) is 0.676. The van der Waals surface area contributed by atoms with Crippen LogP contribution in [0.5, 0.6) is 0 Å². The zero-order valence-electron chi connectivity index (χ0n) is 13.1. The molecular formula is C16H20ClNO4. The summed E-state index contributed by atoms with van der Waals surface area (Å²) >= 11 is 5.82. The molecule has 0 saturated heterocycles. The number of ether oxygens (including phenoxy) is 2. The van der Waals surface area contributed by atoms with E-state index in [0.29, 0.717) is 10.6 Å².